The van der Waals surface area contributed by atoms with Gasteiger partial charge in [-0.25, -0.2) is 4.98 Å². The topological polar surface area (TPSA) is 76.2 Å². The van der Waals surface area contributed by atoms with Gasteiger partial charge < -0.3 is 19.8 Å². The van der Waals surface area contributed by atoms with Gasteiger partial charge in [0, 0.05) is 29.3 Å². The Labute approximate surface area is 190 Å². The number of halogens is 1. The van der Waals surface area contributed by atoms with Crippen LogP contribution in [0.2, 0.25) is 5.02 Å². The van der Waals surface area contributed by atoms with Crippen LogP contribution in [0.1, 0.15) is 12.8 Å². The molecule has 2 aromatic carbocycles. The first kappa shape index (κ1) is 21.7. The molecule has 6 nitrogen and oxygen atoms in total. The standard InChI is InChI=1S/C23H24ClN3O3S/c1-29-18-10-6-15(7-11-18)21-23(27-22(26-21)16-4-8-17(24)9-5-16)31-14-20(28)25-13-19-3-2-12-30-19/h4-11,19H,2-3,12-14H2,1H3,(H,25,28)(H,26,27)/t19-/m1/s1. The van der Waals surface area contributed by atoms with Crippen molar-refractivity contribution < 1.29 is 14.3 Å². The van der Waals surface area contributed by atoms with Gasteiger partial charge in [0.25, 0.3) is 0 Å². The van der Waals surface area contributed by atoms with Gasteiger partial charge in [-0.3, -0.25) is 4.79 Å². The number of methoxy groups -OCH3 is 1. The predicted molar refractivity (Wildman–Crippen MR) is 124 cm³/mol. The number of H-pyrrole nitrogens is 1. The molecule has 1 atom stereocenters. The molecular weight excluding hydrogens is 434 g/mol. The summed E-state index contributed by atoms with van der Waals surface area (Å²) in [5.41, 5.74) is 2.76. The summed E-state index contributed by atoms with van der Waals surface area (Å²) >= 11 is 7.43. The van der Waals surface area contributed by atoms with E-state index in [0.717, 1.165) is 52.9 Å². The lowest BCUT2D eigenvalue weighted by atomic mass is 10.1. The monoisotopic (exact) mass is 457 g/mol. The van der Waals surface area contributed by atoms with Gasteiger partial charge in [-0.1, -0.05) is 23.4 Å². The molecule has 31 heavy (non-hydrogen) atoms. The third-order valence-electron chi connectivity index (χ3n) is 5.06. The van der Waals surface area contributed by atoms with Crippen molar-refractivity contribution in [2.24, 2.45) is 0 Å². The van der Waals surface area contributed by atoms with Gasteiger partial charge in [0.1, 0.15) is 16.6 Å². The van der Waals surface area contributed by atoms with Gasteiger partial charge in [-0.2, -0.15) is 0 Å². The zero-order chi connectivity index (χ0) is 21.6. The molecule has 1 aliphatic rings. The second-order valence-electron chi connectivity index (χ2n) is 7.23. The number of ether oxygens (including phenoxy) is 2. The predicted octanol–water partition coefficient (Wildman–Crippen LogP) is 4.79. The molecule has 0 unspecified atom stereocenters. The minimum absolute atomic E-state index is 0.0303. The van der Waals surface area contributed by atoms with Gasteiger partial charge in [0.2, 0.25) is 5.91 Å². The molecule has 1 aromatic heterocycles. The van der Waals surface area contributed by atoms with Crippen molar-refractivity contribution in [1.29, 1.82) is 0 Å². The highest BCUT2D eigenvalue weighted by Gasteiger charge is 2.18. The molecule has 2 heterocycles. The van der Waals surface area contributed by atoms with Crippen molar-refractivity contribution in [3.63, 3.8) is 0 Å². The summed E-state index contributed by atoms with van der Waals surface area (Å²) in [6, 6.07) is 15.2. The summed E-state index contributed by atoms with van der Waals surface area (Å²) in [7, 11) is 1.64. The van der Waals surface area contributed by atoms with Crippen LogP contribution in [-0.4, -0.2) is 48.0 Å². The van der Waals surface area contributed by atoms with Gasteiger partial charge in [-0.15, -0.1) is 0 Å². The molecule has 1 fully saturated rings. The average molecular weight is 458 g/mol. The molecule has 0 bridgehead atoms. The van der Waals surface area contributed by atoms with Gasteiger partial charge >= 0.3 is 0 Å². The van der Waals surface area contributed by atoms with E-state index in [1.807, 2.05) is 48.5 Å². The maximum absolute atomic E-state index is 12.4. The molecule has 0 aliphatic carbocycles. The Hall–Kier alpha value is -2.48. The highest BCUT2D eigenvalue weighted by molar-refractivity contribution is 8.00. The van der Waals surface area contributed by atoms with E-state index in [4.69, 9.17) is 26.1 Å². The molecule has 4 rings (SSSR count). The first-order valence-corrected chi connectivity index (χ1v) is 11.5. The van der Waals surface area contributed by atoms with Crippen molar-refractivity contribution in [1.82, 2.24) is 15.3 Å². The Balaban J connectivity index is 1.52. The lowest BCUT2D eigenvalue weighted by molar-refractivity contribution is -0.119. The maximum Gasteiger partial charge on any atom is 0.230 e. The molecule has 162 valence electrons. The Morgan fingerprint density at radius 3 is 2.65 bits per heavy atom. The highest BCUT2D eigenvalue weighted by Crippen LogP contribution is 2.33. The zero-order valence-electron chi connectivity index (χ0n) is 17.2. The van der Waals surface area contributed by atoms with E-state index in [1.165, 1.54) is 11.8 Å². The lowest BCUT2D eigenvalue weighted by Crippen LogP contribution is -2.32. The van der Waals surface area contributed by atoms with E-state index in [0.29, 0.717) is 11.6 Å². The number of imidazole rings is 1. The molecule has 1 saturated heterocycles. The summed E-state index contributed by atoms with van der Waals surface area (Å²) in [5.74, 6) is 1.76. The van der Waals surface area contributed by atoms with Crippen molar-refractivity contribution in [2.75, 3.05) is 26.0 Å². The quantitative estimate of drug-likeness (QED) is 0.475. The molecule has 3 aromatic rings. The fourth-order valence-corrected chi connectivity index (χ4v) is 4.34. The van der Waals surface area contributed by atoms with E-state index in [9.17, 15) is 4.79 Å². The number of hydrogen-bond donors (Lipinski definition) is 2. The second-order valence-corrected chi connectivity index (χ2v) is 8.63. The first-order chi connectivity index (χ1) is 15.1. The smallest absolute Gasteiger partial charge is 0.230 e. The van der Waals surface area contributed by atoms with Crippen LogP contribution in [-0.2, 0) is 9.53 Å². The highest BCUT2D eigenvalue weighted by atomic mass is 35.5. The molecule has 0 saturated carbocycles. The number of carbonyl (C=O) groups is 1. The number of aromatic amines is 1. The molecule has 1 amide bonds. The number of rotatable bonds is 8. The maximum atomic E-state index is 12.4. The first-order valence-electron chi connectivity index (χ1n) is 10.1. The number of benzene rings is 2. The van der Waals surface area contributed by atoms with Crippen LogP contribution in [0.25, 0.3) is 22.6 Å². The Morgan fingerprint density at radius 1 is 1.23 bits per heavy atom. The largest absolute Gasteiger partial charge is 0.497 e. The fraction of sp³-hybridized carbons (Fsp3) is 0.304. The van der Waals surface area contributed by atoms with Crippen LogP contribution in [0.4, 0.5) is 0 Å². The normalized spacial score (nSPS) is 15.7. The minimum Gasteiger partial charge on any atom is -0.497 e. The van der Waals surface area contributed by atoms with Gasteiger partial charge in [0.15, 0.2) is 0 Å². The van der Waals surface area contributed by atoms with Crippen molar-refractivity contribution in [3.8, 4) is 28.4 Å². The summed E-state index contributed by atoms with van der Waals surface area (Å²) in [4.78, 5) is 20.5. The summed E-state index contributed by atoms with van der Waals surface area (Å²) in [6.45, 7) is 1.34. The second kappa shape index (κ2) is 10.2. The number of aromatic nitrogens is 2. The third-order valence-corrected chi connectivity index (χ3v) is 6.29. The molecule has 2 N–H and O–H groups in total. The molecule has 1 aliphatic heterocycles. The zero-order valence-corrected chi connectivity index (χ0v) is 18.8. The number of nitrogens with zero attached hydrogens (tertiary/aromatic N) is 1. The lowest BCUT2D eigenvalue weighted by Gasteiger charge is -2.10. The summed E-state index contributed by atoms with van der Waals surface area (Å²) in [5, 5.41) is 4.40. The Morgan fingerprint density at radius 2 is 1.97 bits per heavy atom. The van der Waals surface area contributed by atoms with Crippen LogP contribution >= 0.6 is 23.4 Å². The Bertz CT molecular complexity index is 1020. The summed E-state index contributed by atoms with van der Waals surface area (Å²) < 4.78 is 10.8. The minimum atomic E-state index is -0.0303. The van der Waals surface area contributed by atoms with Crippen LogP contribution in [0, 0.1) is 0 Å². The van der Waals surface area contributed by atoms with E-state index >= 15 is 0 Å². The molecule has 8 heteroatoms. The molecule has 0 spiro atoms. The van der Waals surface area contributed by atoms with E-state index < -0.39 is 0 Å². The van der Waals surface area contributed by atoms with E-state index in [1.54, 1.807) is 7.11 Å². The average Bonchev–Trinajstić information content (AvgIpc) is 3.47. The van der Waals surface area contributed by atoms with E-state index in [-0.39, 0.29) is 17.8 Å². The fourth-order valence-electron chi connectivity index (χ4n) is 3.38. The number of hydrogen-bond acceptors (Lipinski definition) is 5. The van der Waals surface area contributed by atoms with Crippen molar-refractivity contribution >= 4 is 29.3 Å². The van der Waals surface area contributed by atoms with E-state index in [2.05, 4.69) is 10.3 Å². The SMILES string of the molecule is COc1ccc(-c2[nH]c(-c3ccc(Cl)cc3)nc2SCC(=O)NC[C@H]2CCCO2)cc1. The Kier molecular flexibility index (Phi) is 7.17. The number of nitrogens with one attached hydrogen (secondary N) is 2. The van der Waals surface area contributed by atoms with Gasteiger partial charge in [0.05, 0.1) is 24.7 Å². The number of thioether (sulfide) groups is 1. The molecule has 0 radical (unpaired) electrons. The molecular formula is C23H24ClN3O3S. The number of amides is 1. The third kappa shape index (κ3) is 5.61. The van der Waals surface area contributed by atoms with Crippen molar-refractivity contribution in [3.05, 3.63) is 53.6 Å². The number of carbonyl (C=O) groups excluding carboxylic acids is 1. The van der Waals surface area contributed by atoms with Crippen LogP contribution < -0.4 is 10.1 Å². The van der Waals surface area contributed by atoms with Crippen molar-refractivity contribution in [2.45, 2.75) is 24.0 Å². The van der Waals surface area contributed by atoms with Crippen LogP contribution in [0.3, 0.4) is 0 Å². The van der Waals surface area contributed by atoms with Crippen LogP contribution in [0.5, 0.6) is 5.75 Å². The summed E-state index contributed by atoms with van der Waals surface area (Å²) in [6.07, 6.45) is 2.19. The van der Waals surface area contributed by atoms with Gasteiger partial charge in [-0.05, 0) is 61.4 Å². The van der Waals surface area contributed by atoms with Crippen LogP contribution in [0.15, 0.2) is 53.6 Å².